The largest absolute Gasteiger partial charge is 0.492 e. The number of anilines is 2. The van der Waals surface area contributed by atoms with Crippen LogP contribution in [0.3, 0.4) is 0 Å². The maximum atomic E-state index is 11.2. The first-order chi connectivity index (χ1) is 13.6. The molecule has 1 aromatic heterocycles. The summed E-state index contributed by atoms with van der Waals surface area (Å²) in [4.78, 5) is 30.5. The normalized spacial score (nSPS) is 10.2. The molecule has 0 aliphatic carbocycles. The zero-order valence-electron chi connectivity index (χ0n) is 16.6. The zero-order valence-corrected chi connectivity index (χ0v) is 16.6. The van der Waals surface area contributed by atoms with Crippen LogP contribution in [0, 0.1) is 18.3 Å². The quantitative estimate of drug-likeness (QED) is 0.688. The van der Waals surface area contributed by atoms with Gasteiger partial charge in [-0.15, -0.1) is 0 Å². The fraction of sp³-hybridized carbons (Fsp3) is 0.300. The van der Waals surface area contributed by atoms with Gasteiger partial charge in [0.25, 0.3) is 0 Å². The van der Waals surface area contributed by atoms with Crippen molar-refractivity contribution in [3.63, 3.8) is 0 Å². The molecule has 2 N–H and O–H groups in total. The number of aryl methyl sites for hydroxylation is 1. The van der Waals surface area contributed by atoms with E-state index in [4.69, 9.17) is 14.9 Å². The van der Waals surface area contributed by atoms with Crippen LogP contribution in [0.25, 0.3) is 0 Å². The van der Waals surface area contributed by atoms with Crippen molar-refractivity contribution >= 4 is 23.6 Å². The van der Waals surface area contributed by atoms with Crippen molar-refractivity contribution in [2.75, 3.05) is 44.1 Å². The van der Waals surface area contributed by atoms with E-state index in [2.05, 4.69) is 11.1 Å². The zero-order chi connectivity index (χ0) is 21.7. The number of aromatic carboxylic acids is 2. The number of rotatable bonds is 8. The molecule has 0 saturated heterocycles. The Hall–Kier alpha value is -3.80. The standard InChI is InChI=1S/C20H22N4O5/c1-12-7-17(23(2)3)22-18(16(12)11-21)24(4)5-6-29-15-9-13(19(25)26)8-14(10-15)20(27)28/h7-10H,5-6H2,1-4H3,(H,25,26)(H,27,28). The summed E-state index contributed by atoms with van der Waals surface area (Å²) in [5.74, 6) is -1.12. The van der Waals surface area contributed by atoms with E-state index in [1.807, 2.05) is 32.0 Å². The number of hydrogen-bond acceptors (Lipinski definition) is 7. The van der Waals surface area contributed by atoms with Gasteiger partial charge in [-0.1, -0.05) is 0 Å². The van der Waals surface area contributed by atoms with E-state index in [1.54, 1.807) is 11.9 Å². The molecule has 0 radical (unpaired) electrons. The molecule has 0 aliphatic rings. The van der Waals surface area contributed by atoms with Crippen LogP contribution in [0.15, 0.2) is 24.3 Å². The minimum absolute atomic E-state index is 0.135. The lowest BCUT2D eigenvalue weighted by Crippen LogP contribution is -2.26. The third-order valence-corrected chi connectivity index (χ3v) is 4.21. The highest BCUT2D eigenvalue weighted by atomic mass is 16.5. The van der Waals surface area contributed by atoms with Crippen LogP contribution < -0.4 is 14.5 Å². The Morgan fingerprint density at radius 3 is 2.17 bits per heavy atom. The Morgan fingerprint density at radius 2 is 1.69 bits per heavy atom. The maximum absolute atomic E-state index is 11.2. The number of likely N-dealkylation sites (N-methyl/N-ethyl adjacent to an activating group) is 1. The van der Waals surface area contributed by atoms with E-state index in [0.29, 0.717) is 23.7 Å². The van der Waals surface area contributed by atoms with Gasteiger partial charge in [0.2, 0.25) is 0 Å². The molecule has 0 spiro atoms. The monoisotopic (exact) mass is 398 g/mol. The number of ether oxygens (including phenoxy) is 1. The average molecular weight is 398 g/mol. The third-order valence-electron chi connectivity index (χ3n) is 4.21. The van der Waals surface area contributed by atoms with Crippen LogP contribution in [0.4, 0.5) is 11.6 Å². The molecule has 0 amide bonds. The van der Waals surface area contributed by atoms with Crippen molar-refractivity contribution in [2.24, 2.45) is 0 Å². The van der Waals surface area contributed by atoms with Crippen molar-refractivity contribution < 1.29 is 24.5 Å². The molecule has 152 valence electrons. The van der Waals surface area contributed by atoms with Crippen molar-refractivity contribution in [3.8, 4) is 11.8 Å². The Labute approximate surface area is 168 Å². The van der Waals surface area contributed by atoms with Crippen molar-refractivity contribution in [1.82, 2.24) is 4.98 Å². The molecule has 0 atom stereocenters. The van der Waals surface area contributed by atoms with E-state index in [0.717, 1.165) is 11.6 Å². The predicted octanol–water partition coefficient (Wildman–Crippen LogP) is 2.24. The van der Waals surface area contributed by atoms with E-state index >= 15 is 0 Å². The SMILES string of the molecule is Cc1cc(N(C)C)nc(N(C)CCOc2cc(C(=O)O)cc(C(=O)O)c2)c1C#N. The van der Waals surface area contributed by atoms with E-state index < -0.39 is 11.9 Å². The van der Waals surface area contributed by atoms with Gasteiger partial charge in [-0.2, -0.15) is 5.26 Å². The summed E-state index contributed by atoms with van der Waals surface area (Å²) >= 11 is 0. The number of nitrogens with zero attached hydrogens (tertiary/aromatic N) is 4. The molecule has 2 rings (SSSR count). The van der Waals surface area contributed by atoms with Gasteiger partial charge in [0.15, 0.2) is 0 Å². The lowest BCUT2D eigenvalue weighted by Gasteiger charge is -2.23. The van der Waals surface area contributed by atoms with E-state index in [9.17, 15) is 14.9 Å². The molecule has 0 bridgehead atoms. The molecule has 9 heteroatoms. The molecule has 2 aromatic rings. The van der Waals surface area contributed by atoms with Crippen molar-refractivity contribution in [3.05, 3.63) is 46.5 Å². The second-order valence-electron chi connectivity index (χ2n) is 6.63. The highest BCUT2D eigenvalue weighted by Gasteiger charge is 2.16. The number of pyridine rings is 1. The molecule has 1 heterocycles. The molecule has 0 aliphatic heterocycles. The maximum Gasteiger partial charge on any atom is 0.335 e. The summed E-state index contributed by atoms with van der Waals surface area (Å²) in [7, 11) is 5.48. The summed E-state index contributed by atoms with van der Waals surface area (Å²) in [6.45, 7) is 2.32. The predicted molar refractivity (Wildman–Crippen MR) is 107 cm³/mol. The number of carbonyl (C=O) groups is 2. The second kappa shape index (κ2) is 8.93. The Morgan fingerprint density at radius 1 is 1.10 bits per heavy atom. The van der Waals surface area contributed by atoms with Crippen LogP contribution >= 0.6 is 0 Å². The van der Waals surface area contributed by atoms with Crippen molar-refractivity contribution in [1.29, 1.82) is 5.26 Å². The first-order valence-corrected chi connectivity index (χ1v) is 8.68. The highest BCUT2D eigenvalue weighted by Crippen LogP contribution is 2.24. The lowest BCUT2D eigenvalue weighted by molar-refractivity contribution is 0.0696. The first kappa shape index (κ1) is 21.5. The first-order valence-electron chi connectivity index (χ1n) is 8.68. The molecule has 29 heavy (non-hydrogen) atoms. The molecular formula is C20H22N4O5. The number of aromatic nitrogens is 1. The molecule has 0 saturated carbocycles. The number of nitriles is 1. The van der Waals surface area contributed by atoms with Gasteiger partial charge in [-0.25, -0.2) is 14.6 Å². The van der Waals surface area contributed by atoms with Gasteiger partial charge in [-0.05, 0) is 36.8 Å². The third kappa shape index (κ3) is 5.13. The Bertz CT molecular complexity index is 949. The number of carboxylic acid groups (broad SMARTS) is 2. The van der Waals surface area contributed by atoms with Gasteiger partial charge < -0.3 is 24.7 Å². The lowest BCUT2D eigenvalue weighted by atomic mass is 10.1. The topological polar surface area (TPSA) is 127 Å². The average Bonchev–Trinajstić information content (AvgIpc) is 2.66. The molecular weight excluding hydrogens is 376 g/mol. The summed E-state index contributed by atoms with van der Waals surface area (Å²) in [5.41, 5.74) is 0.917. The van der Waals surface area contributed by atoms with Gasteiger partial charge in [0.1, 0.15) is 30.1 Å². The van der Waals surface area contributed by atoms with Gasteiger partial charge in [-0.3, -0.25) is 0 Å². The number of carboxylic acids is 2. The minimum Gasteiger partial charge on any atom is -0.492 e. The molecule has 9 nitrogen and oxygen atoms in total. The molecule has 0 unspecified atom stereocenters. The molecule has 1 aromatic carbocycles. The van der Waals surface area contributed by atoms with Gasteiger partial charge >= 0.3 is 11.9 Å². The summed E-state index contributed by atoms with van der Waals surface area (Å²) in [5, 5.41) is 27.7. The summed E-state index contributed by atoms with van der Waals surface area (Å²) in [6.07, 6.45) is 0. The fourth-order valence-electron chi connectivity index (χ4n) is 2.62. The van der Waals surface area contributed by atoms with E-state index in [1.165, 1.54) is 12.1 Å². The number of hydrogen-bond donors (Lipinski definition) is 2. The minimum atomic E-state index is -1.24. The summed E-state index contributed by atoms with van der Waals surface area (Å²) in [6, 6.07) is 7.60. The summed E-state index contributed by atoms with van der Waals surface area (Å²) < 4.78 is 5.57. The van der Waals surface area contributed by atoms with Crippen LogP contribution in [0.2, 0.25) is 0 Å². The van der Waals surface area contributed by atoms with Crippen molar-refractivity contribution in [2.45, 2.75) is 6.92 Å². The second-order valence-corrected chi connectivity index (χ2v) is 6.63. The van der Waals surface area contributed by atoms with Crippen LogP contribution in [0.1, 0.15) is 31.8 Å². The van der Waals surface area contributed by atoms with E-state index in [-0.39, 0.29) is 23.5 Å². The van der Waals surface area contributed by atoms with Crippen LogP contribution in [-0.4, -0.2) is 61.4 Å². The molecule has 0 fully saturated rings. The smallest absolute Gasteiger partial charge is 0.335 e. The van der Waals surface area contributed by atoms with Crippen LogP contribution in [0.5, 0.6) is 5.75 Å². The van der Waals surface area contributed by atoms with Gasteiger partial charge in [0.05, 0.1) is 23.2 Å². The van der Waals surface area contributed by atoms with Crippen LogP contribution in [-0.2, 0) is 0 Å². The Balaban J connectivity index is 2.18. The Kier molecular flexibility index (Phi) is 6.62. The highest BCUT2D eigenvalue weighted by molar-refractivity contribution is 5.94. The number of benzene rings is 1. The van der Waals surface area contributed by atoms with Gasteiger partial charge in [0, 0.05) is 21.1 Å². The fourth-order valence-corrected chi connectivity index (χ4v) is 2.62.